The molecule has 0 aromatic rings. The molecule has 1 nitrogen and oxygen atoms in total. The van der Waals surface area contributed by atoms with Gasteiger partial charge in [0, 0.05) is 0 Å². The van der Waals surface area contributed by atoms with Crippen LogP contribution in [-0.2, 0) is 0 Å². The van der Waals surface area contributed by atoms with Crippen molar-refractivity contribution in [1.29, 1.82) is 0 Å². The molecule has 25 heavy (non-hydrogen) atoms. The molecular weight excluding hydrogens is 302 g/mol. The zero-order valence-electron chi connectivity index (χ0n) is 18.4. The van der Waals surface area contributed by atoms with E-state index in [1.165, 1.54) is 128 Å². The lowest BCUT2D eigenvalue weighted by Gasteiger charge is -2.03. The molecule has 0 atom stereocenters. The van der Waals surface area contributed by atoms with Gasteiger partial charge >= 0.3 is 0 Å². The Hall–Kier alpha value is -0.0400. The van der Waals surface area contributed by atoms with Crippen LogP contribution in [0, 0.1) is 0 Å². The zero-order chi connectivity index (χ0) is 18.8. The smallest absolute Gasteiger partial charge is 0.00773 e. The maximum atomic E-state index is 5.48. The van der Waals surface area contributed by atoms with Crippen molar-refractivity contribution in [2.24, 2.45) is 5.73 Å². The summed E-state index contributed by atoms with van der Waals surface area (Å²) in [4.78, 5) is 0. The van der Waals surface area contributed by atoms with Crippen LogP contribution < -0.4 is 5.73 Å². The highest BCUT2D eigenvalue weighted by molar-refractivity contribution is 4.50. The third-order valence-electron chi connectivity index (χ3n) is 5.01. The van der Waals surface area contributed by atoms with Crippen molar-refractivity contribution in [3.8, 4) is 0 Å². The highest BCUT2D eigenvalue weighted by Crippen LogP contribution is 2.13. The third-order valence-corrected chi connectivity index (χ3v) is 5.01. The lowest BCUT2D eigenvalue weighted by atomic mass is 10.0. The molecule has 0 bridgehead atoms. The standard InChI is InChI=1S/C18H39N.C6H14/c1-2-3-4-5-6-7-8-9-10-11-12-13-14-15-16-17-18-19;1-3-5-6-4-2/h2-19H2,1H3;3-6H2,1-2H3. The number of unbranched alkanes of at least 4 members (excludes halogenated alkanes) is 18. The fraction of sp³-hybridized carbons (Fsp3) is 1.00. The van der Waals surface area contributed by atoms with E-state index in [2.05, 4.69) is 20.8 Å². The summed E-state index contributed by atoms with van der Waals surface area (Å²) in [5.74, 6) is 0. The second kappa shape index (κ2) is 28.8. The van der Waals surface area contributed by atoms with E-state index in [1.807, 2.05) is 0 Å². The Balaban J connectivity index is 0. The normalized spacial score (nSPS) is 10.6. The molecule has 1 heteroatoms. The van der Waals surface area contributed by atoms with Gasteiger partial charge in [-0.2, -0.15) is 0 Å². The molecule has 0 aliphatic carbocycles. The molecule has 0 radical (unpaired) electrons. The van der Waals surface area contributed by atoms with E-state index in [0.29, 0.717) is 0 Å². The van der Waals surface area contributed by atoms with Gasteiger partial charge in [0.2, 0.25) is 0 Å². The summed E-state index contributed by atoms with van der Waals surface area (Å²) in [6.07, 6.45) is 28.4. The zero-order valence-corrected chi connectivity index (χ0v) is 18.4. The maximum Gasteiger partial charge on any atom is -0.00773 e. The predicted octanol–water partition coefficient (Wildman–Crippen LogP) is 8.79. The quantitative estimate of drug-likeness (QED) is 0.230. The number of nitrogens with two attached hydrogens (primary N) is 1. The van der Waals surface area contributed by atoms with E-state index >= 15 is 0 Å². The second-order valence-corrected chi connectivity index (χ2v) is 7.80. The SMILES string of the molecule is CCCCCC.CCCCCCCCCCCCCCCCCCN. The minimum Gasteiger partial charge on any atom is -0.330 e. The molecule has 154 valence electrons. The highest BCUT2D eigenvalue weighted by atomic mass is 14.5. The maximum absolute atomic E-state index is 5.48. The average molecular weight is 356 g/mol. The summed E-state index contributed by atoms with van der Waals surface area (Å²) in [5, 5.41) is 0. The van der Waals surface area contributed by atoms with Gasteiger partial charge in [0.1, 0.15) is 0 Å². The Morgan fingerprint density at radius 3 is 0.760 bits per heavy atom. The molecule has 0 aromatic carbocycles. The van der Waals surface area contributed by atoms with Gasteiger partial charge in [0.05, 0.1) is 0 Å². The monoisotopic (exact) mass is 355 g/mol. The van der Waals surface area contributed by atoms with Gasteiger partial charge < -0.3 is 5.73 Å². The van der Waals surface area contributed by atoms with Gasteiger partial charge in [0.15, 0.2) is 0 Å². The topological polar surface area (TPSA) is 26.0 Å². The first-order chi connectivity index (χ1) is 12.3. The van der Waals surface area contributed by atoms with Crippen LogP contribution in [0.2, 0.25) is 0 Å². The summed E-state index contributed by atoms with van der Waals surface area (Å²) in [7, 11) is 0. The van der Waals surface area contributed by atoms with Crippen molar-refractivity contribution < 1.29 is 0 Å². The van der Waals surface area contributed by atoms with Crippen LogP contribution in [0.5, 0.6) is 0 Å². The van der Waals surface area contributed by atoms with Crippen LogP contribution in [0.15, 0.2) is 0 Å². The molecule has 0 saturated carbocycles. The first kappa shape index (κ1) is 27.2. The molecule has 2 N–H and O–H groups in total. The Kier molecular flexibility index (Phi) is 31.3. The molecule has 0 aliphatic heterocycles. The van der Waals surface area contributed by atoms with Gasteiger partial charge in [-0.1, -0.05) is 143 Å². The number of rotatable bonds is 19. The van der Waals surface area contributed by atoms with Gasteiger partial charge in [-0.25, -0.2) is 0 Å². The average Bonchev–Trinajstić information content (AvgIpc) is 2.64. The molecule has 0 rings (SSSR count). The third kappa shape index (κ3) is 32.1. The fourth-order valence-electron chi connectivity index (χ4n) is 3.19. The largest absolute Gasteiger partial charge is 0.330 e. The summed E-state index contributed by atoms with van der Waals surface area (Å²) in [6.45, 7) is 7.63. The van der Waals surface area contributed by atoms with Gasteiger partial charge in [0.25, 0.3) is 0 Å². The van der Waals surface area contributed by atoms with E-state index in [1.54, 1.807) is 0 Å². The number of hydrogen-bond donors (Lipinski definition) is 1. The van der Waals surface area contributed by atoms with E-state index in [0.717, 1.165) is 6.54 Å². The molecule has 0 spiro atoms. The van der Waals surface area contributed by atoms with Crippen molar-refractivity contribution in [3.63, 3.8) is 0 Å². The first-order valence-electron chi connectivity index (χ1n) is 12.0. The van der Waals surface area contributed by atoms with Crippen LogP contribution >= 0.6 is 0 Å². The van der Waals surface area contributed by atoms with Gasteiger partial charge in [-0.3, -0.25) is 0 Å². The van der Waals surface area contributed by atoms with Crippen molar-refractivity contribution in [2.75, 3.05) is 6.54 Å². The molecule has 0 aliphatic rings. The van der Waals surface area contributed by atoms with E-state index in [9.17, 15) is 0 Å². The predicted molar refractivity (Wildman–Crippen MR) is 118 cm³/mol. The summed E-state index contributed by atoms with van der Waals surface area (Å²) >= 11 is 0. The molecule has 0 fully saturated rings. The van der Waals surface area contributed by atoms with Crippen LogP contribution in [0.1, 0.15) is 149 Å². The van der Waals surface area contributed by atoms with Crippen LogP contribution in [0.3, 0.4) is 0 Å². The molecule has 0 aromatic heterocycles. The summed E-state index contributed by atoms with van der Waals surface area (Å²) in [6, 6.07) is 0. The minimum atomic E-state index is 0.873. The van der Waals surface area contributed by atoms with Crippen LogP contribution in [-0.4, -0.2) is 6.54 Å². The van der Waals surface area contributed by atoms with E-state index in [4.69, 9.17) is 5.73 Å². The van der Waals surface area contributed by atoms with E-state index < -0.39 is 0 Å². The number of hydrogen-bond acceptors (Lipinski definition) is 1. The molecule has 0 heterocycles. The molecule has 0 saturated heterocycles. The Morgan fingerprint density at radius 1 is 0.320 bits per heavy atom. The molecule has 0 unspecified atom stereocenters. The van der Waals surface area contributed by atoms with E-state index in [-0.39, 0.29) is 0 Å². The lowest BCUT2D eigenvalue weighted by molar-refractivity contribution is 0.530. The van der Waals surface area contributed by atoms with Crippen LogP contribution in [0.25, 0.3) is 0 Å². The summed E-state index contributed by atoms with van der Waals surface area (Å²) in [5.41, 5.74) is 5.48. The molecular formula is C24H53N. The van der Waals surface area contributed by atoms with Gasteiger partial charge in [-0.15, -0.1) is 0 Å². The van der Waals surface area contributed by atoms with Gasteiger partial charge in [-0.05, 0) is 13.0 Å². The van der Waals surface area contributed by atoms with Crippen molar-refractivity contribution in [2.45, 2.75) is 149 Å². The molecule has 0 amide bonds. The Labute approximate surface area is 161 Å². The van der Waals surface area contributed by atoms with Crippen molar-refractivity contribution in [1.82, 2.24) is 0 Å². The Bertz CT molecular complexity index is 171. The Morgan fingerprint density at radius 2 is 0.520 bits per heavy atom. The van der Waals surface area contributed by atoms with Crippen molar-refractivity contribution >= 4 is 0 Å². The minimum absolute atomic E-state index is 0.873. The summed E-state index contributed by atoms with van der Waals surface area (Å²) < 4.78 is 0. The lowest BCUT2D eigenvalue weighted by Crippen LogP contribution is -1.97. The second-order valence-electron chi connectivity index (χ2n) is 7.80. The first-order valence-corrected chi connectivity index (χ1v) is 12.0. The van der Waals surface area contributed by atoms with Crippen molar-refractivity contribution in [3.05, 3.63) is 0 Å². The van der Waals surface area contributed by atoms with Crippen LogP contribution in [0.4, 0.5) is 0 Å². The highest BCUT2D eigenvalue weighted by Gasteiger charge is 1.94. The fourth-order valence-corrected chi connectivity index (χ4v) is 3.19.